The molecule has 4 heteroatoms. The maximum absolute atomic E-state index is 10.4. The van der Waals surface area contributed by atoms with Gasteiger partial charge in [0.25, 0.3) is 0 Å². The summed E-state index contributed by atoms with van der Waals surface area (Å²) in [5.74, 6) is 0.429. The number of ether oxygens (including phenoxy) is 1. The SMILES string of the molecule is O=C(O)/C=C/c1sccc1Oc1ccccc1. The van der Waals surface area contributed by atoms with Crippen molar-refractivity contribution in [2.45, 2.75) is 0 Å². The topological polar surface area (TPSA) is 46.5 Å². The molecule has 0 fully saturated rings. The van der Waals surface area contributed by atoms with Crippen LogP contribution in [0, 0.1) is 0 Å². The van der Waals surface area contributed by atoms with E-state index in [-0.39, 0.29) is 0 Å². The second kappa shape index (κ2) is 5.32. The Balaban J connectivity index is 2.17. The minimum atomic E-state index is -0.968. The number of thiophene rings is 1. The molecule has 1 aromatic carbocycles. The molecule has 17 heavy (non-hydrogen) atoms. The fourth-order valence-electron chi connectivity index (χ4n) is 1.28. The zero-order valence-electron chi connectivity index (χ0n) is 8.87. The summed E-state index contributed by atoms with van der Waals surface area (Å²) >= 11 is 1.44. The highest BCUT2D eigenvalue weighted by atomic mass is 32.1. The normalized spacial score (nSPS) is 10.6. The Kier molecular flexibility index (Phi) is 3.57. The van der Waals surface area contributed by atoms with Gasteiger partial charge in [0, 0.05) is 6.08 Å². The highest BCUT2D eigenvalue weighted by molar-refractivity contribution is 7.11. The van der Waals surface area contributed by atoms with E-state index in [1.54, 1.807) is 0 Å². The molecule has 2 rings (SSSR count). The molecular weight excluding hydrogens is 236 g/mol. The predicted octanol–water partition coefficient (Wildman–Crippen LogP) is 3.64. The molecule has 3 nitrogen and oxygen atoms in total. The number of carboxylic acids is 1. The summed E-state index contributed by atoms with van der Waals surface area (Å²) in [6.45, 7) is 0. The van der Waals surface area contributed by atoms with Gasteiger partial charge in [0.15, 0.2) is 0 Å². The first kappa shape index (κ1) is 11.4. The quantitative estimate of drug-likeness (QED) is 0.838. The molecule has 0 bridgehead atoms. The molecule has 0 spiro atoms. The van der Waals surface area contributed by atoms with Crippen molar-refractivity contribution in [3.05, 3.63) is 52.7 Å². The van der Waals surface area contributed by atoms with Crippen molar-refractivity contribution < 1.29 is 14.6 Å². The Bertz CT molecular complexity index is 529. The highest BCUT2D eigenvalue weighted by Gasteiger charge is 2.04. The highest BCUT2D eigenvalue weighted by Crippen LogP contribution is 2.30. The molecule has 1 aromatic heterocycles. The van der Waals surface area contributed by atoms with E-state index < -0.39 is 5.97 Å². The zero-order chi connectivity index (χ0) is 12.1. The van der Waals surface area contributed by atoms with Crippen LogP contribution in [0.25, 0.3) is 6.08 Å². The maximum Gasteiger partial charge on any atom is 0.328 e. The van der Waals surface area contributed by atoms with Crippen LogP contribution in [0.5, 0.6) is 11.5 Å². The number of para-hydroxylation sites is 1. The monoisotopic (exact) mass is 246 g/mol. The lowest BCUT2D eigenvalue weighted by molar-refractivity contribution is -0.131. The van der Waals surface area contributed by atoms with Crippen LogP contribution in [0.3, 0.4) is 0 Å². The van der Waals surface area contributed by atoms with Crippen LogP contribution in [0.4, 0.5) is 0 Å². The minimum absolute atomic E-state index is 0.665. The Hall–Kier alpha value is -2.07. The van der Waals surface area contributed by atoms with Gasteiger partial charge < -0.3 is 9.84 Å². The summed E-state index contributed by atoms with van der Waals surface area (Å²) in [7, 11) is 0. The summed E-state index contributed by atoms with van der Waals surface area (Å²) in [5.41, 5.74) is 0. The molecule has 0 radical (unpaired) electrons. The van der Waals surface area contributed by atoms with Gasteiger partial charge in [-0.05, 0) is 29.7 Å². The summed E-state index contributed by atoms with van der Waals surface area (Å²) in [6.07, 6.45) is 2.63. The Morgan fingerprint density at radius 1 is 1.24 bits per heavy atom. The number of rotatable bonds is 4. The van der Waals surface area contributed by atoms with E-state index in [1.165, 1.54) is 17.4 Å². The average molecular weight is 246 g/mol. The fraction of sp³-hybridized carbons (Fsp3) is 0. The molecule has 2 aromatic rings. The maximum atomic E-state index is 10.4. The van der Waals surface area contributed by atoms with Crippen molar-refractivity contribution in [3.63, 3.8) is 0 Å². The largest absolute Gasteiger partial charge is 0.478 e. The van der Waals surface area contributed by atoms with Gasteiger partial charge in [-0.15, -0.1) is 11.3 Å². The van der Waals surface area contributed by atoms with E-state index in [9.17, 15) is 4.79 Å². The number of benzene rings is 1. The van der Waals surface area contributed by atoms with Gasteiger partial charge in [-0.2, -0.15) is 0 Å². The number of carboxylic acid groups (broad SMARTS) is 1. The second-order valence-corrected chi connectivity index (χ2v) is 4.18. The van der Waals surface area contributed by atoms with Crippen molar-refractivity contribution in [2.24, 2.45) is 0 Å². The molecule has 0 amide bonds. The van der Waals surface area contributed by atoms with E-state index >= 15 is 0 Å². The minimum Gasteiger partial charge on any atom is -0.478 e. The molecule has 0 aliphatic rings. The first-order chi connectivity index (χ1) is 8.25. The molecular formula is C13H10O3S. The molecule has 86 valence electrons. The summed E-state index contributed by atoms with van der Waals surface area (Å²) < 4.78 is 5.65. The molecule has 0 atom stereocenters. The standard InChI is InChI=1S/C13H10O3S/c14-13(15)7-6-12-11(8-9-17-12)16-10-4-2-1-3-5-10/h1-9H,(H,14,15)/b7-6+. The van der Waals surface area contributed by atoms with Crippen LogP contribution in [0.1, 0.15) is 4.88 Å². The van der Waals surface area contributed by atoms with Gasteiger partial charge in [0.2, 0.25) is 0 Å². The number of hydrogen-bond acceptors (Lipinski definition) is 3. The predicted molar refractivity (Wildman–Crippen MR) is 67.5 cm³/mol. The third kappa shape index (κ3) is 3.19. The van der Waals surface area contributed by atoms with E-state index in [0.29, 0.717) is 5.75 Å². The third-order valence-electron chi connectivity index (χ3n) is 2.01. The van der Waals surface area contributed by atoms with Crippen LogP contribution in [0.15, 0.2) is 47.9 Å². The molecule has 0 saturated carbocycles. The van der Waals surface area contributed by atoms with Gasteiger partial charge in [0.1, 0.15) is 11.5 Å². The zero-order valence-corrected chi connectivity index (χ0v) is 9.68. The van der Waals surface area contributed by atoms with Crippen LogP contribution in [0.2, 0.25) is 0 Å². The Morgan fingerprint density at radius 2 is 2.00 bits per heavy atom. The third-order valence-corrected chi connectivity index (χ3v) is 2.87. The van der Waals surface area contributed by atoms with Gasteiger partial charge in [-0.3, -0.25) is 0 Å². The summed E-state index contributed by atoms with van der Waals surface area (Å²) in [4.78, 5) is 11.2. The van der Waals surface area contributed by atoms with Crippen molar-refractivity contribution in [3.8, 4) is 11.5 Å². The van der Waals surface area contributed by atoms with Crippen LogP contribution in [-0.4, -0.2) is 11.1 Å². The second-order valence-electron chi connectivity index (χ2n) is 3.24. The van der Waals surface area contributed by atoms with E-state index in [2.05, 4.69) is 0 Å². The molecule has 0 aliphatic carbocycles. The van der Waals surface area contributed by atoms with Gasteiger partial charge in [-0.25, -0.2) is 4.79 Å². The molecule has 0 saturated heterocycles. The van der Waals surface area contributed by atoms with Crippen molar-refractivity contribution in [1.29, 1.82) is 0 Å². The van der Waals surface area contributed by atoms with Crippen LogP contribution >= 0.6 is 11.3 Å². The van der Waals surface area contributed by atoms with Crippen LogP contribution < -0.4 is 4.74 Å². The molecule has 1 N–H and O–H groups in total. The fourth-order valence-corrected chi connectivity index (χ4v) is 1.99. The summed E-state index contributed by atoms with van der Waals surface area (Å²) in [5, 5.41) is 10.4. The number of hydrogen-bond donors (Lipinski definition) is 1. The van der Waals surface area contributed by atoms with Gasteiger partial charge >= 0.3 is 5.97 Å². The van der Waals surface area contributed by atoms with Crippen molar-refractivity contribution in [1.82, 2.24) is 0 Å². The molecule has 0 aliphatic heterocycles. The van der Waals surface area contributed by atoms with Gasteiger partial charge in [-0.1, -0.05) is 18.2 Å². The lowest BCUT2D eigenvalue weighted by Gasteiger charge is -2.03. The first-order valence-electron chi connectivity index (χ1n) is 4.97. The summed E-state index contributed by atoms with van der Waals surface area (Å²) in [6, 6.07) is 11.2. The van der Waals surface area contributed by atoms with E-state index in [1.807, 2.05) is 41.8 Å². The Labute approximate surface area is 103 Å². The Morgan fingerprint density at radius 3 is 2.71 bits per heavy atom. The van der Waals surface area contributed by atoms with Gasteiger partial charge in [0.05, 0.1) is 4.88 Å². The average Bonchev–Trinajstić information content (AvgIpc) is 2.75. The van der Waals surface area contributed by atoms with E-state index in [0.717, 1.165) is 16.7 Å². The van der Waals surface area contributed by atoms with Crippen LogP contribution in [-0.2, 0) is 4.79 Å². The lowest BCUT2D eigenvalue weighted by atomic mass is 10.3. The van der Waals surface area contributed by atoms with E-state index in [4.69, 9.17) is 9.84 Å². The molecule has 1 heterocycles. The molecule has 0 unspecified atom stereocenters. The first-order valence-corrected chi connectivity index (χ1v) is 5.85. The smallest absolute Gasteiger partial charge is 0.328 e. The lowest BCUT2D eigenvalue weighted by Crippen LogP contribution is -1.86. The number of aliphatic carboxylic acids is 1. The number of carbonyl (C=O) groups is 1. The van der Waals surface area contributed by atoms with Crippen molar-refractivity contribution >= 4 is 23.4 Å². The van der Waals surface area contributed by atoms with Crippen molar-refractivity contribution in [2.75, 3.05) is 0 Å².